The van der Waals surface area contributed by atoms with Crippen LogP contribution in [0.25, 0.3) is 0 Å². The Morgan fingerprint density at radius 1 is 0.649 bits per heavy atom. The number of rotatable bonds is 10. The van der Waals surface area contributed by atoms with Crippen molar-refractivity contribution in [1.82, 2.24) is 0 Å². The van der Waals surface area contributed by atoms with Gasteiger partial charge >= 0.3 is 0 Å². The van der Waals surface area contributed by atoms with Crippen molar-refractivity contribution >= 4 is 6.29 Å². The molecule has 1 aliphatic heterocycles. The largest absolute Gasteiger partial charge is 0.457 e. The van der Waals surface area contributed by atoms with Crippen LogP contribution in [0.1, 0.15) is 6.92 Å². The van der Waals surface area contributed by atoms with E-state index in [0.717, 1.165) is 0 Å². The summed E-state index contributed by atoms with van der Waals surface area (Å²) in [6, 6.07) is 0. The highest BCUT2D eigenvalue weighted by Gasteiger charge is 2.40. The summed E-state index contributed by atoms with van der Waals surface area (Å²) in [7, 11) is 0. The number of carbonyl (C=O) groups excluding carboxylic acids is 1. The van der Waals surface area contributed by atoms with Crippen LogP contribution in [-0.2, 0) is 15.0 Å². The summed E-state index contributed by atoms with van der Waals surface area (Å²) in [6.45, 7) is -0.0702. The Bertz CT molecular complexity index is 555. The Labute approximate surface area is 209 Å². The van der Waals surface area contributed by atoms with Gasteiger partial charge in [-0.3, -0.25) is 0 Å². The van der Waals surface area contributed by atoms with E-state index in [9.17, 15) is 4.79 Å². The first-order valence-corrected chi connectivity index (χ1v) is 10.3. The second-order valence-electron chi connectivity index (χ2n) is 7.70. The zero-order chi connectivity index (χ0) is 28.9. The van der Waals surface area contributed by atoms with E-state index in [1.54, 1.807) is 0 Å². The fourth-order valence-corrected chi connectivity index (χ4v) is 2.36. The minimum absolute atomic E-state index is 0. The van der Waals surface area contributed by atoms with E-state index in [1.807, 2.05) is 0 Å². The molecule has 19 N–H and O–H groups in total. The molecule has 37 heavy (non-hydrogen) atoms. The number of ether oxygens (including phenoxy) is 1. The Morgan fingerprint density at radius 3 is 1.41 bits per heavy atom. The molecular weight excluding hydrogens is 520 g/mol. The molecule has 1 fully saturated rings. The quantitative estimate of drug-likeness (QED) is 0.0668. The van der Waals surface area contributed by atoms with E-state index in [-0.39, 0.29) is 11.8 Å². The first kappa shape index (κ1) is 40.4. The molecule has 0 aromatic rings. The van der Waals surface area contributed by atoms with Gasteiger partial charge in [-0.15, -0.1) is 0 Å². The number of hydrogen-bond acceptors (Lipinski definition) is 18. The molecular formula is C18H41O19+. The molecule has 0 radical (unpaired) electrons. The Balaban J connectivity index is -0.000000463. The van der Waals surface area contributed by atoms with Crippen LogP contribution < -0.4 is 0 Å². The monoisotopic (exact) mass is 561 g/mol. The van der Waals surface area contributed by atoms with Gasteiger partial charge in [-0.2, -0.15) is 0 Å². The molecule has 13 atom stereocenters. The Morgan fingerprint density at radius 2 is 1.05 bits per heavy atom. The maximum atomic E-state index is 9.90. The van der Waals surface area contributed by atoms with Gasteiger partial charge in [-0.1, -0.05) is 0 Å². The van der Waals surface area contributed by atoms with Gasteiger partial charge in [0.2, 0.25) is 0 Å². The van der Waals surface area contributed by atoms with Gasteiger partial charge in [0, 0.05) is 0 Å². The van der Waals surface area contributed by atoms with Crippen LogP contribution in [0, 0.1) is 0 Å². The van der Waals surface area contributed by atoms with Gasteiger partial charge in [0.25, 0.3) is 0 Å². The van der Waals surface area contributed by atoms with Gasteiger partial charge in [0.05, 0.1) is 19.3 Å². The zero-order valence-electron chi connectivity index (χ0n) is 19.6. The van der Waals surface area contributed by atoms with E-state index in [1.165, 1.54) is 6.92 Å². The summed E-state index contributed by atoms with van der Waals surface area (Å²) in [6.07, 6.45) is -22.5. The Hall–Kier alpha value is -1.05. The van der Waals surface area contributed by atoms with Gasteiger partial charge in [-0.05, 0) is 6.92 Å². The molecule has 0 amide bonds. The molecule has 226 valence electrons. The SMILES string of the molecule is CC1O[C@H](O)C(O)[C@@H](O)[C@H]1O.O=CC(O)[C@@H](O)[C@@H](O)C(O)CO.OCC(O)[C@H](O)[C@H](O)C(O)C(O)O.[OH3+]. The minimum atomic E-state index is -2.23. The molecule has 0 bridgehead atoms. The van der Waals surface area contributed by atoms with Crippen molar-refractivity contribution < 1.29 is 96.7 Å². The van der Waals surface area contributed by atoms with Crippen LogP contribution in [0.15, 0.2) is 0 Å². The highest BCUT2D eigenvalue weighted by atomic mass is 16.6. The highest BCUT2D eigenvalue weighted by Crippen LogP contribution is 2.18. The third-order valence-electron chi connectivity index (χ3n) is 4.83. The van der Waals surface area contributed by atoms with E-state index in [4.69, 9.17) is 81.7 Å². The first-order chi connectivity index (χ1) is 16.5. The van der Waals surface area contributed by atoms with Crippen LogP contribution in [0.5, 0.6) is 0 Å². The van der Waals surface area contributed by atoms with Crippen molar-refractivity contribution in [3.63, 3.8) is 0 Å². The number of carbonyl (C=O) groups is 1. The normalized spacial score (nSPS) is 29.9. The molecule has 0 spiro atoms. The lowest BCUT2D eigenvalue weighted by molar-refractivity contribution is -0.277. The minimum Gasteiger partial charge on any atom is -0.457 e. The molecule has 1 saturated heterocycles. The van der Waals surface area contributed by atoms with Crippen molar-refractivity contribution in [2.24, 2.45) is 0 Å². The summed E-state index contributed by atoms with van der Waals surface area (Å²) in [5, 5.41) is 140. The van der Waals surface area contributed by atoms with E-state index >= 15 is 0 Å². The summed E-state index contributed by atoms with van der Waals surface area (Å²) in [5.74, 6) is 0. The Kier molecular flexibility index (Phi) is 21.8. The third kappa shape index (κ3) is 13.5. The molecule has 19 heteroatoms. The lowest BCUT2D eigenvalue weighted by Gasteiger charge is -2.36. The van der Waals surface area contributed by atoms with Gasteiger partial charge in [0.15, 0.2) is 18.9 Å². The topological polar surface area (TPSA) is 383 Å². The molecule has 1 heterocycles. The maximum absolute atomic E-state index is 9.90. The predicted octanol–water partition coefficient (Wildman–Crippen LogP) is -10.8. The molecule has 0 aromatic carbocycles. The van der Waals surface area contributed by atoms with Crippen LogP contribution in [0.2, 0.25) is 0 Å². The zero-order valence-corrected chi connectivity index (χ0v) is 19.6. The van der Waals surface area contributed by atoms with Crippen molar-refractivity contribution in [2.75, 3.05) is 13.2 Å². The van der Waals surface area contributed by atoms with Crippen molar-refractivity contribution in [2.45, 2.75) is 92.8 Å². The molecule has 1 aliphatic rings. The highest BCUT2D eigenvalue weighted by molar-refractivity contribution is 5.56. The summed E-state index contributed by atoms with van der Waals surface area (Å²) < 4.78 is 4.68. The van der Waals surface area contributed by atoms with Crippen molar-refractivity contribution in [1.29, 1.82) is 0 Å². The van der Waals surface area contributed by atoms with Crippen molar-refractivity contribution in [3.05, 3.63) is 0 Å². The molecule has 0 aromatic heterocycles. The van der Waals surface area contributed by atoms with Crippen LogP contribution in [0.3, 0.4) is 0 Å². The van der Waals surface area contributed by atoms with Crippen LogP contribution in [-0.4, -0.2) is 187 Å². The number of aldehydes is 1. The second-order valence-corrected chi connectivity index (χ2v) is 7.70. The molecule has 1 rings (SSSR count). The molecule has 0 aliphatic carbocycles. The van der Waals surface area contributed by atoms with Gasteiger partial charge in [0.1, 0.15) is 67.1 Å². The van der Waals surface area contributed by atoms with E-state index < -0.39 is 99.0 Å². The predicted molar refractivity (Wildman–Crippen MR) is 116 cm³/mol. The summed E-state index contributed by atoms with van der Waals surface area (Å²) in [5.41, 5.74) is 0. The number of aliphatic hydroxyl groups is 16. The van der Waals surface area contributed by atoms with Gasteiger partial charge < -0.3 is 96.7 Å². The van der Waals surface area contributed by atoms with E-state index in [0.29, 0.717) is 0 Å². The lowest BCUT2D eigenvalue weighted by atomic mass is 10.0. The summed E-state index contributed by atoms with van der Waals surface area (Å²) >= 11 is 0. The molecule has 0 saturated carbocycles. The first-order valence-electron chi connectivity index (χ1n) is 10.3. The standard InChI is InChI=1S/C6H14O7.C6H12O6.C6H12O5.H2O/c7-1-2(8)3(9)4(10)5(11)6(12)13;7-1-3(9)5(11)6(12)4(10)2-8;1-2-3(7)4(8)5(9)6(10)11-2;/h2-13H,1H2;1,3-6,8-12H,2H2;2-10H,1H3;1H2/p+1/t2?,3-,4-,5?;3?,4?,5-,6+;2?,3-,4-,5?,6-;/m010./s1. The molecule has 6 unspecified atom stereocenters. The third-order valence-corrected chi connectivity index (χ3v) is 4.83. The number of aliphatic hydroxyl groups excluding tert-OH is 15. The van der Waals surface area contributed by atoms with Crippen LogP contribution >= 0.6 is 0 Å². The lowest BCUT2D eigenvalue weighted by Crippen LogP contribution is -2.56. The fourth-order valence-electron chi connectivity index (χ4n) is 2.36. The number of hydrogen-bond donors (Lipinski definition) is 16. The van der Waals surface area contributed by atoms with Crippen LogP contribution in [0.4, 0.5) is 0 Å². The molecule has 19 nitrogen and oxygen atoms in total. The van der Waals surface area contributed by atoms with Crippen molar-refractivity contribution in [3.8, 4) is 0 Å². The van der Waals surface area contributed by atoms with E-state index in [2.05, 4.69) is 4.74 Å². The average molecular weight is 562 g/mol. The second kappa shape index (κ2) is 19.9. The maximum Gasteiger partial charge on any atom is 0.183 e. The fraction of sp³-hybridized carbons (Fsp3) is 0.944. The van der Waals surface area contributed by atoms with Gasteiger partial charge in [-0.25, -0.2) is 0 Å². The smallest absolute Gasteiger partial charge is 0.183 e. The average Bonchev–Trinajstić information content (AvgIpc) is 2.87. The summed E-state index contributed by atoms with van der Waals surface area (Å²) in [4.78, 5) is 9.90.